The van der Waals surface area contributed by atoms with Gasteiger partial charge in [-0.3, -0.25) is 4.68 Å². The summed E-state index contributed by atoms with van der Waals surface area (Å²) >= 11 is 0. The molecule has 0 aliphatic carbocycles. The van der Waals surface area contributed by atoms with Crippen molar-refractivity contribution in [1.29, 1.82) is 0 Å². The van der Waals surface area contributed by atoms with Gasteiger partial charge in [0.05, 0.1) is 19.9 Å². The molecule has 2 rings (SSSR count). The van der Waals surface area contributed by atoms with Gasteiger partial charge in [-0.1, -0.05) is 12.1 Å². The Morgan fingerprint density at radius 1 is 1.25 bits per heavy atom. The Labute approximate surface area is 118 Å². The number of aryl methyl sites for hydroxylation is 1. The molecule has 0 spiro atoms. The van der Waals surface area contributed by atoms with E-state index >= 15 is 0 Å². The maximum Gasteiger partial charge on any atom is 0.163 e. The first-order chi connectivity index (χ1) is 9.71. The van der Waals surface area contributed by atoms with Gasteiger partial charge in [-0.2, -0.15) is 5.10 Å². The molecule has 0 saturated heterocycles. The molecule has 0 aliphatic heterocycles. The highest BCUT2D eigenvalue weighted by Crippen LogP contribution is 2.30. The van der Waals surface area contributed by atoms with Crippen LogP contribution < -0.4 is 9.47 Å². The predicted molar refractivity (Wildman–Crippen MR) is 76.1 cm³/mol. The lowest BCUT2D eigenvalue weighted by Crippen LogP contribution is -2.10. The molecule has 0 amide bonds. The molecule has 1 unspecified atom stereocenters. The topological polar surface area (TPSA) is 56.5 Å². The maximum absolute atomic E-state index is 10.5. The molecule has 1 heterocycles. The van der Waals surface area contributed by atoms with E-state index in [9.17, 15) is 5.11 Å². The van der Waals surface area contributed by atoms with Crippen LogP contribution in [0.4, 0.5) is 0 Å². The predicted octanol–water partition coefficient (Wildman–Crippen LogP) is 2.39. The number of hydrogen-bond donors (Lipinski definition) is 1. The normalized spacial score (nSPS) is 12.2. The Bertz CT molecular complexity index is 527. The molecule has 0 bridgehead atoms. The van der Waals surface area contributed by atoms with Gasteiger partial charge in [0.1, 0.15) is 17.5 Å². The fourth-order valence-electron chi connectivity index (χ4n) is 2.13. The molecule has 1 N–H and O–H groups in total. The number of aliphatic hydroxyl groups is 1. The number of ether oxygens (including phenoxy) is 2. The van der Waals surface area contributed by atoms with Gasteiger partial charge in [-0.05, 0) is 31.5 Å². The van der Waals surface area contributed by atoms with E-state index in [1.165, 1.54) is 0 Å². The molecule has 0 radical (unpaired) electrons. The van der Waals surface area contributed by atoms with Crippen molar-refractivity contribution >= 4 is 0 Å². The number of aromatic nitrogens is 2. The Balaban J connectivity index is 2.30. The second kappa shape index (κ2) is 6.43. The fraction of sp³-hybridized carbons (Fsp3) is 0.400. The van der Waals surface area contributed by atoms with E-state index in [1.54, 1.807) is 18.0 Å². The van der Waals surface area contributed by atoms with Crippen LogP contribution in [0.3, 0.4) is 0 Å². The SMILES string of the molecule is CCOc1ccc(C(O)c2c(OC)cnn2CC)cc1. The summed E-state index contributed by atoms with van der Waals surface area (Å²) in [6.45, 7) is 5.21. The first kappa shape index (κ1) is 14.4. The van der Waals surface area contributed by atoms with E-state index < -0.39 is 6.10 Å². The highest BCUT2D eigenvalue weighted by Gasteiger charge is 2.20. The third-order valence-electron chi connectivity index (χ3n) is 3.13. The van der Waals surface area contributed by atoms with Gasteiger partial charge < -0.3 is 14.6 Å². The third-order valence-corrected chi connectivity index (χ3v) is 3.13. The number of benzene rings is 1. The van der Waals surface area contributed by atoms with Crippen LogP contribution in [0.2, 0.25) is 0 Å². The second-order valence-electron chi connectivity index (χ2n) is 4.32. The van der Waals surface area contributed by atoms with Crippen molar-refractivity contribution in [3.63, 3.8) is 0 Å². The summed E-state index contributed by atoms with van der Waals surface area (Å²) in [5.74, 6) is 1.38. The molecule has 1 aromatic heterocycles. The van der Waals surface area contributed by atoms with E-state index in [0.29, 0.717) is 24.6 Å². The molecule has 0 fully saturated rings. The first-order valence-electron chi connectivity index (χ1n) is 6.71. The molecular formula is C15H20N2O3. The standard InChI is InChI=1S/C15H20N2O3/c1-4-17-14(13(19-3)10-16-17)15(18)11-6-8-12(9-7-11)20-5-2/h6-10,15,18H,4-5H2,1-3H3. The second-order valence-corrected chi connectivity index (χ2v) is 4.32. The first-order valence-corrected chi connectivity index (χ1v) is 6.71. The van der Waals surface area contributed by atoms with Gasteiger partial charge >= 0.3 is 0 Å². The maximum atomic E-state index is 10.5. The van der Waals surface area contributed by atoms with Crippen molar-refractivity contribution in [2.24, 2.45) is 0 Å². The summed E-state index contributed by atoms with van der Waals surface area (Å²) in [6.07, 6.45) is 0.847. The van der Waals surface area contributed by atoms with Crippen molar-refractivity contribution in [1.82, 2.24) is 9.78 Å². The van der Waals surface area contributed by atoms with E-state index in [0.717, 1.165) is 11.3 Å². The zero-order chi connectivity index (χ0) is 14.5. The summed E-state index contributed by atoms with van der Waals surface area (Å²) in [5.41, 5.74) is 1.45. The minimum absolute atomic E-state index is 0.591. The Hall–Kier alpha value is -2.01. The lowest BCUT2D eigenvalue weighted by Gasteiger charge is -2.15. The van der Waals surface area contributed by atoms with Gasteiger partial charge in [0.25, 0.3) is 0 Å². The van der Waals surface area contributed by atoms with Gasteiger partial charge in [0.2, 0.25) is 0 Å². The minimum Gasteiger partial charge on any atom is -0.494 e. The summed E-state index contributed by atoms with van der Waals surface area (Å²) in [5, 5.41) is 14.7. The monoisotopic (exact) mass is 276 g/mol. The molecule has 0 aliphatic rings. The molecule has 2 aromatic rings. The molecule has 5 nitrogen and oxygen atoms in total. The van der Waals surface area contributed by atoms with Crippen molar-refractivity contribution in [2.45, 2.75) is 26.5 Å². The molecular weight excluding hydrogens is 256 g/mol. The highest BCUT2D eigenvalue weighted by molar-refractivity contribution is 5.37. The highest BCUT2D eigenvalue weighted by atomic mass is 16.5. The molecule has 1 atom stereocenters. The molecule has 0 saturated carbocycles. The summed E-state index contributed by atoms with van der Waals surface area (Å²) in [6, 6.07) is 7.40. The number of hydrogen-bond acceptors (Lipinski definition) is 4. The fourth-order valence-corrected chi connectivity index (χ4v) is 2.13. The van der Waals surface area contributed by atoms with Gasteiger partial charge in [-0.15, -0.1) is 0 Å². The average molecular weight is 276 g/mol. The van der Waals surface area contributed by atoms with Crippen LogP contribution in [0, 0.1) is 0 Å². The molecule has 108 valence electrons. The van der Waals surface area contributed by atoms with Crippen LogP contribution in [-0.4, -0.2) is 28.6 Å². The smallest absolute Gasteiger partial charge is 0.163 e. The van der Waals surface area contributed by atoms with Crippen LogP contribution >= 0.6 is 0 Å². The molecule has 5 heteroatoms. The Kier molecular flexibility index (Phi) is 4.63. The van der Waals surface area contributed by atoms with Gasteiger partial charge in [0.15, 0.2) is 5.75 Å². The quantitative estimate of drug-likeness (QED) is 0.880. The van der Waals surface area contributed by atoms with E-state index in [4.69, 9.17) is 9.47 Å². The summed E-state index contributed by atoms with van der Waals surface area (Å²) < 4.78 is 12.4. The Morgan fingerprint density at radius 2 is 1.95 bits per heavy atom. The van der Waals surface area contributed by atoms with Crippen molar-refractivity contribution < 1.29 is 14.6 Å². The minimum atomic E-state index is -0.775. The number of rotatable bonds is 6. The van der Waals surface area contributed by atoms with Crippen molar-refractivity contribution in [3.8, 4) is 11.5 Å². The lowest BCUT2D eigenvalue weighted by atomic mass is 10.1. The van der Waals surface area contributed by atoms with Crippen molar-refractivity contribution in [2.75, 3.05) is 13.7 Å². The summed E-state index contributed by atoms with van der Waals surface area (Å²) in [7, 11) is 1.57. The van der Waals surface area contributed by atoms with Gasteiger partial charge in [0, 0.05) is 6.54 Å². The van der Waals surface area contributed by atoms with Crippen LogP contribution in [0.5, 0.6) is 11.5 Å². The number of aliphatic hydroxyl groups excluding tert-OH is 1. The Morgan fingerprint density at radius 3 is 2.50 bits per heavy atom. The summed E-state index contributed by atoms with van der Waals surface area (Å²) in [4.78, 5) is 0. The van der Waals surface area contributed by atoms with E-state index in [-0.39, 0.29) is 0 Å². The number of methoxy groups -OCH3 is 1. The number of nitrogens with zero attached hydrogens (tertiary/aromatic N) is 2. The zero-order valence-electron chi connectivity index (χ0n) is 12.0. The lowest BCUT2D eigenvalue weighted by molar-refractivity contribution is 0.202. The van der Waals surface area contributed by atoms with Crippen LogP contribution in [-0.2, 0) is 6.54 Å². The van der Waals surface area contributed by atoms with Gasteiger partial charge in [-0.25, -0.2) is 0 Å². The van der Waals surface area contributed by atoms with Crippen LogP contribution in [0.15, 0.2) is 30.5 Å². The third kappa shape index (κ3) is 2.77. The van der Waals surface area contributed by atoms with Crippen LogP contribution in [0.25, 0.3) is 0 Å². The van der Waals surface area contributed by atoms with Crippen molar-refractivity contribution in [3.05, 3.63) is 41.7 Å². The largest absolute Gasteiger partial charge is 0.494 e. The van der Waals surface area contributed by atoms with E-state index in [2.05, 4.69) is 5.10 Å². The van der Waals surface area contributed by atoms with E-state index in [1.807, 2.05) is 38.1 Å². The molecule has 20 heavy (non-hydrogen) atoms. The van der Waals surface area contributed by atoms with Crippen LogP contribution in [0.1, 0.15) is 31.2 Å². The zero-order valence-corrected chi connectivity index (χ0v) is 12.0. The molecule has 1 aromatic carbocycles. The average Bonchev–Trinajstić information content (AvgIpc) is 2.90.